The number of benzene rings is 2. The van der Waals surface area contributed by atoms with Gasteiger partial charge in [-0.1, -0.05) is 17.7 Å². The highest BCUT2D eigenvalue weighted by Gasteiger charge is 2.19. The van der Waals surface area contributed by atoms with Gasteiger partial charge in [-0.25, -0.2) is 14.5 Å². The summed E-state index contributed by atoms with van der Waals surface area (Å²) in [7, 11) is 0. The van der Waals surface area contributed by atoms with E-state index in [1.807, 2.05) is 0 Å². The third-order valence-corrected chi connectivity index (χ3v) is 3.77. The normalized spacial score (nSPS) is 11.6. The number of amides is 1. The van der Waals surface area contributed by atoms with E-state index in [0.717, 1.165) is 5.69 Å². The molecule has 0 aliphatic rings. The van der Waals surface area contributed by atoms with Gasteiger partial charge in [0.15, 0.2) is 6.10 Å². The quantitative estimate of drug-likeness (QED) is 0.697. The molecule has 1 heterocycles. The van der Waals surface area contributed by atoms with Gasteiger partial charge in [0.2, 0.25) is 0 Å². The van der Waals surface area contributed by atoms with E-state index in [0.29, 0.717) is 16.3 Å². The van der Waals surface area contributed by atoms with Gasteiger partial charge < -0.3 is 10.1 Å². The summed E-state index contributed by atoms with van der Waals surface area (Å²) in [6, 6.07) is 13.3. The summed E-state index contributed by atoms with van der Waals surface area (Å²) in [5.74, 6) is -1.04. The van der Waals surface area contributed by atoms with Crippen molar-refractivity contribution in [2.24, 2.45) is 0 Å². The second kappa shape index (κ2) is 7.79. The van der Waals surface area contributed by atoms with Crippen LogP contribution in [0.3, 0.4) is 0 Å². The molecule has 0 radical (unpaired) electrons. The van der Waals surface area contributed by atoms with Crippen molar-refractivity contribution in [3.8, 4) is 5.69 Å². The lowest BCUT2D eigenvalue weighted by Crippen LogP contribution is -2.30. The fourth-order valence-electron chi connectivity index (χ4n) is 2.18. The van der Waals surface area contributed by atoms with Crippen molar-refractivity contribution < 1.29 is 14.3 Å². The van der Waals surface area contributed by atoms with Gasteiger partial charge in [-0.3, -0.25) is 4.79 Å². The molecular weight excluding hydrogens is 356 g/mol. The Morgan fingerprint density at radius 3 is 2.62 bits per heavy atom. The Morgan fingerprint density at radius 1 is 1.19 bits per heavy atom. The molecular formula is C18H15ClN4O3. The van der Waals surface area contributed by atoms with Gasteiger partial charge in [-0.05, 0) is 49.4 Å². The van der Waals surface area contributed by atoms with Crippen molar-refractivity contribution in [1.29, 1.82) is 0 Å². The van der Waals surface area contributed by atoms with Crippen LogP contribution in [0.25, 0.3) is 5.69 Å². The van der Waals surface area contributed by atoms with E-state index in [1.54, 1.807) is 59.5 Å². The van der Waals surface area contributed by atoms with Crippen molar-refractivity contribution >= 4 is 29.2 Å². The third kappa shape index (κ3) is 4.25. The molecule has 0 spiro atoms. The second-order valence-corrected chi connectivity index (χ2v) is 5.87. The summed E-state index contributed by atoms with van der Waals surface area (Å²) < 4.78 is 6.78. The van der Waals surface area contributed by atoms with Crippen LogP contribution in [0.1, 0.15) is 17.3 Å². The van der Waals surface area contributed by atoms with E-state index in [9.17, 15) is 9.59 Å². The molecule has 1 amide bonds. The lowest BCUT2D eigenvalue weighted by molar-refractivity contribution is -0.123. The van der Waals surface area contributed by atoms with Crippen LogP contribution >= 0.6 is 11.6 Å². The number of rotatable bonds is 5. The van der Waals surface area contributed by atoms with Crippen LogP contribution in [0.2, 0.25) is 5.02 Å². The van der Waals surface area contributed by atoms with E-state index < -0.39 is 18.0 Å². The predicted molar refractivity (Wildman–Crippen MR) is 96.3 cm³/mol. The van der Waals surface area contributed by atoms with Crippen molar-refractivity contribution in [2.45, 2.75) is 13.0 Å². The molecule has 0 fully saturated rings. The van der Waals surface area contributed by atoms with Crippen molar-refractivity contribution in [3.63, 3.8) is 0 Å². The Hall–Kier alpha value is -3.19. The molecule has 26 heavy (non-hydrogen) atoms. The largest absolute Gasteiger partial charge is 0.449 e. The minimum absolute atomic E-state index is 0.330. The maximum atomic E-state index is 12.2. The van der Waals surface area contributed by atoms with E-state index in [1.165, 1.54) is 13.3 Å². The van der Waals surface area contributed by atoms with Gasteiger partial charge in [0.05, 0.1) is 11.3 Å². The smallest absolute Gasteiger partial charge is 0.338 e. The highest BCUT2D eigenvalue weighted by molar-refractivity contribution is 6.30. The first kappa shape index (κ1) is 17.6. The van der Waals surface area contributed by atoms with Crippen molar-refractivity contribution in [3.05, 3.63) is 71.8 Å². The minimum Gasteiger partial charge on any atom is -0.449 e. The first-order valence-corrected chi connectivity index (χ1v) is 8.13. The minimum atomic E-state index is -0.962. The Kier molecular flexibility index (Phi) is 5.28. The molecule has 132 valence electrons. The average molecular weight is 371 g/mol. The van der Waals surface area contributed by atoms with Gasteiger partial charge in [-0.15, -0.1) is 0 Å². The predicted octanol–water partition coefficient (Wildman–Crippen LogP) is 3.10. The molecule has 7 nitrogen and oxygen atoms in total. The number of ether oxygens (including phenoxy) is 1. The van der Waals surface area contributed by atoms with Crippen LogP contribution in [0, 0.1) is 0 Å². The lowest BCUT2D eigenvalue weighted by Gasteiger charge is -2.14. The summed E-state index contributed by atoms with van der Waals surface area (Å²) in [6.45, 7) is 1.50. The van der Waals surface area contributed by atoms with Crippen LogP contribution < -0.4 is 5.32 Å². The zero-order chi connectivity index (χ0) is 18.5. The fraction of sp³-hybridized carbons (Fsp3) is 0.111. The Labute approximate surface area is 154 Å². The summed E-state index contributed by atoms with van der Waals surface area (Å²) >= 11 is 5.88. The van der Waals surface area contributed by atoms with Crippen LogP contribution in [-0.2, 0) is 9.53 Å². The van der Waals surface area contributed by atoms with Gasteiger partial charge in [0.1, 0.15) is 12.7 Å². The number of nitrogens with zero attached hydrogens (tertiary/aromatic N) is 3. The summed E-state index contributed by atoms with van der Waals surface area (Å²) in [4.78, 5) is 28.2. The van der Waals surface area contributed by atoms with Gasteiger partial charge >= 0.3 is 5.97 Å². The summed E-state index contributed by atoms with van der Waals surface area (Å²) in [5.41, 5.74) is 1.62. The number of aromatic nitrogens is 3. The van der Waals surface area contributed by atoms with E-state index >= 15 is 0 Å². The zero-order valence-electron chi connectivity index (χ0n) is 13.8. The molecule has 0 saturated heterocycles. The number of nitrogens with one attached hydrogen (secondary N) is 1. The van der Waals surface area contributed by atoms with Crippen LogP contribution in [0.5, 0.6) is 0 Å². The van der Waals surface area contributed by atoms with Gasteiger partial charge in [-0.2, -0.15) is 5.10 Å². The number of hydrogen-bond acceptors (Lipinski definition) is 5. The third-order valence-electron chi connectivity index (χ3n) is 3.53. The van der Waals surface area contributed by atoms with Gasteiger partial charge in [0, 0.05) is 10.7 Å². The van der Waals surface area contributed by atoms with E-state index in [2.05, 4.69) is 15.4 Å². The Balaban J connectivity index is 1.60. The number of esters is 1. The van der Waals surface area contributed by atoms with Crippen molar-refractivity contribution in [2.75, 3.05) is 5.32 Å². The van der Waals surface area contributed by atoms with Crippen molar-refractivity contribution in [1.82, 2.24) is 14.8 Å². The summed E-state index contributed by atoms with van der Waals surface area (Å²) in [6.07, 6.45) is 2.01. The molecule has 1 N–H and O–H groups in total. The van der Waals surface area contributed by atoms with Crippen LogP contribution in [-0.4, -0.2) is 32.7 Å². The van der Waals surface area contributed by atoms with E-state index in [4.69, 9.17) is 16.3 Å². The SMILES string of the molecule is C[C@@H](OC(=O)c1ccc(-n2cncn2)cc1)C(=O)Nc1cccc(Cl)c1. The molecule has 0 bridgehead atoms. The number of carbonyl (C=O) groups excluding carboxylic acids is 2. The number of halogens is 1. The molecule has 3 rings (SSSR count). The fourth-order valence-corrected chi connectivity index (χ4v) is 2.37. The number of hydrogen-bond donors (Lipinski definition) is 1. The molecule has 2 aromatic carbocycles. The Bertz CT molecular complexity index is 910. The molecule has 1 atom stereocenters. The molecule has 0 aliphatic carbocycles. The molecule has 0 saturated carbocycles. The first-order chi connectivity index (χ1) is 12.5. The highest BCUT2D eigenvalue weighted by Crippen LogP contribution is 2.16. The zero-order valence-corrected chi connectivity index (χ0v) is 14.6. The van der Waals surface area contributed by atoms with Crippen LogP contribution in [0.15, 0.2) is 61.2 Å². The molecule has 8 heteroatoms. The number of anilines is 1. The topological polar surface area (TPSA) is 86.1 Å². The van der Waals surface area contributed by atoms with Crippen LogP contribution in [0.4, 0.5) is 5.69 Å². The molecule has 0 aliphatic heterocycles. The maximum Gasteiger partial charge on any atom is 0.338 e. The standard InChI is InChI=1S/C18H15ClN4O3/c1-12(17(24)22-15-4-2-3-14(19)9-15)26-18(25)13-5-7-16(8-6-13)23-11-20-10-21-23/h2-12H,1H3,(H,22,24)/t12-/m1/s1. The average Bonchev–Trinajstić information content (AvgIpc) is 3.16. The second-order valence-electron chi connectivity index (χ2n) is 5.43. The maximum absolute atomic E-state index is 12.2. The first-order valence-electron chi connectivity index (χ1n) is 7.75. The lowest BCUT2D eigenvalue weighted by atomic mass is 10.2. The molecule has 1 aromatic heterocycles. The molecule has 0 unspecified atom stereocenters. The summed E-state index contributed by atoms with van der Waals surface area (Å²) in [5, 5.41) is 7.15. The molecule has 3 aromatic rings. The number of carbonyl (C=O) groups is 2. The highest BCUT2D eigenvalue weighted by atomic mass is 35.5. The van der Waals surface area contributed by atoms with E-state index in [-0.39, 0.29) is 0 Å². The van der Waals surface area contributed by atoms with Gasteiger partial charge in [0.25, 0.3) is 5.91 Å². The Morgan fingerprint density at radius 2 is 1.96 bits per heavy atom. The monoisotopic (exact) mass is 370 g/mol.